The highest BCUT2D eigenvalue weighted by Crippen LogP contribution is 2.32. The molecule has 146 heavy (non-hydrogen) atoms. The quantitative estimate of drug-likeness (QED) is 0.0460. The number of hydrogen-bond donors (Lipinski definition) is 27. The second-order valence-corrected chi connectivity index (χ2v) is 35.0. The van der Waals surface area contributed by atoms with Gasteiger partial charge in [0.25, 0.3) is 0 Å². The molecule has 0 radical (unpaired) electrons. The molecular weight excluding hydrogens is 1880 g/mol. The molecule has 7 atom stereocenters. The van der Waals surface area contributed by atoms with Gasteiger partial charge >= 0.3 is 0 Å². The number of phenolic OH excluding ortho intramolecular Hbond substituents is 14. The maximum atomic E-state index is 9.57. The van der Waals surface area contributed by atoms with Crippen molar-refractivity contribution in [3.05, 3.63) is 166 Å². The Morgan fingerprint density at radius 1 is 0.274 bits per heavy atom. The van der Waals surface area contributed by atoms with E-state index in [-0.39, 0.29) is 124 Å². The largest absolute Gasteiger partial charge is 0.504 e. The van der Waals surface area contributed by atoms with Gasteiger partial charge in [-0.2, -0.15) is 0 Å². The van der Waals surface area contributed by atoms with Gasteiger partial charge in [0.2, 0.25) is 41.7 Å². The van der Waals surface area contributed by atoms with E-state index in [1.165, 1.54) is 48.5 Å². The molecule has 7 heterocycles. The molecule has 0 bridgehead atoms. The van der Waals surface area contributed by atoms with Crippen LogP contribution < -0.4 is 70.0 Å². The van der Waals surface area contributed by atoms with Crippen LogP contribution in [0.1, 0.15) is 87.4 Å². The Bertz CT molecular complexity index is 5980. The Morgan fingerprint density at radius 3 is 0.890 bits per heavy atom. The molecule has 1 fully saturated rings. The van der Waals surface area contributed by atoms with Gasteiger partial charge in [-0.15, -0.1) is 0 Å². The number of aromatic hydroxyl groups is 14. The van der Waals surface area contributed by atoms with Crippen LogP contribution in [-0.4, -0.2) is 375 Å². The summed E-state index contributed by atoms with van der Waals surface area (Å²) >= 11 is 0. The van der Waals surface area contributed by atoms with Crippen molar-refractivity contribution in [2.45, 2.75) is 137 Å². The van der Waals surface area contributed by atoms with Crippen molar-refractivity contribution in [3.63, 3.8) is 0 Å². The fourth-order valence-corrected chi connectivity index (χ4v) is 14.1. The van der Waals surface area contributed by atoms with E-state index in [1.807, 2.05) is 166 Å². The van der Waals surface area contributed by atoms with Crippen LogP contribution in [0.5, 0.6) is 80.5 Å². The zero-order chi connectivity index (χ0) is 107. The first-order chi connectivity index (χ1) is 69.2. The van der Waals surface area contributed by atoms with Gasteiger partial charge in [0.1, 0.15) is 37.0 Å². The van der Waals surface area contributed by atoms with E-state index in [4.69, 9.17) is 11.5 Å². The lowest BCUT2D eigenvalue weighted by molar-refractivity contribution is 0.400. The minimum absolute atomic E-state index is 0.0277. The lowest BCUT2D eigenvalue weighted by Gasteiger charge is -2.35. The van der Waals surface area contributed by atoms with Gasteiger partial charge in [-0.1, -0.05) is 42.5 Å². The fraction of sp³-hybridized carbons (Fsp3) is 0.423. The van der Waals surface area contributed by atoms with Gasteiger partial charge in [-0.05, 0) is 217 Å². The predicted molar refractivity (Wildman–Crippen MR) is 573 cm³/mol. The lowest BCUT2D eigenvalue weighted by atomic mass is 10.1. The van der Waals surface area contributed by atoms with E-state index in [0.29, 0.717) is 99.5 Å². The van der Waals surface area contributed by atoms with Crippen LogP contribution in [0, 0.1) is 0 Å². The zero-order valence-electron chi connectivity index (χ0n) is 86.3. The van der Waals surface area contributed by atoms with Crippen LogP contribution in [0.25, 0.3) is 0 Å². The smallest absolute Gasteiger partial charge is 0.205 e. The summed E-state index contributed by atoms with van der Waals surface area (Å²) in [5.41, 5.74) is 17.8. The first kappa shape index (κ1) is 114. The zero-order valence-corrected chi connectivity index (χ0v) is 86.3. The van der Waals surface area contributed by atoms with Gasteiger partial charge in [-0.25, -0.2) is 44.9 Å². The number of hydrogen-bond acceptors (Lipinski definition) is 40. The number of rotatable bonds is 21. The molecule has 0 amide bonds. The van der Waals surface area contributed by atoms with Crippen LogP contribution in [0.2, 0.25) is 0 Å². The van der Waals surface area contributed by atoms with Gasteiger partial charge < -0.3 is 144 Å². The standard InChI is InChI=1S/C16H25N5O2.C15H23N5O2.2C14H21N5O2.2C13H19N5O2.C12H17N5O2/c1-11-17-15(19(2)3)21(5)16(18-11)20(4)9-8-12-6-7-13(22)14(23)10-12;1-10-16-14(19(2)3)18-15(17-10)20(4)8-7-11-5-6-12(21)13(22)9-11;1-9-16-13(18-14(17-9)19(2)3)15-7-6-10-4-5-11(20)12(21)8-10;1-9-16-13(15-2)18-14(17-9)19(3)7-6-10-4-5-11(20)12(21)8-10;1-8-15-12(14)17-13(16-8)18(2)6-5-9-3-4-10(19)11(20)7-9;1-8-16-12(14-2)18-13(17-8)15-6-5-9-3-4-10(19)11(20)7-9;1-7-15-11(13)17-12(16-7)14-5-4-8-2-3-9(18)10(19)6-8/h6-7,10-11,22-23H,8-9H2,1-5H3;5-6,9-10,21-22H,7-8H2,1-4H3,(H,16,17,18);2*4-5,8-9,20-21H,6-7H2,1-3H3,(H2,15,16,17,18);3-4,7-8,19-20H,5-6H2,1-2H3,(H3,14,15,16,17);3-4,7-8,19-20H,5-6H2,1-2H3,(H3,14,15,16,17,18);2-3,6-7,18-19H,4-5H2,1H3,(H4,13,14,15,16,17). The summed E-state index contributed by atoms with van der Waals surface area (Å²) in [5, 5.41) is 165. The van der Waals surface area contributed by atoms with E-state index in [2.05, 4.69) is 133 Å². The molecule has 7 unspecified atom stereocenters. The second-order valence-electron chi connectivity index (χ2n) is 35.0. The number of nitrogens with one attached hydrogen (secondary N) is 11. The summed E-state index contributed by atoms with van der Waals surface area (Å²) in [6.45, 7) is 18.0. The maximum Gasteiger partial charge on any atom is 0.205 e. The summed E-state index contributed by atoms with van der Waals surface area (Å²) in [6, 6.07) is 33.8. The van der Waals surface area contributed by atoms with Crippen LogP contribution in [0.4, 0.5) is 0 Å². The molecule has 0 saturated carbocycles. The van der Waals surface area contributed by atoms with Crippen molar-refractivity contribution >= 4 is 83.4 Å². The van der Waals surface area contributed by atoms with Gasteiger partial charge in [0, 0.05) is 137 Å². The average molecular weight is 2030 g/mol. The highest BCUT2D eigenvalue weighted by molar-refractivity contribution is 6.04. The lowest BCUT2D eigenvalue weighted by Crippen LogP contribution is -2.61. The number of phenols is 14. The Balaban J connectivity index is 0.000000208. The van der Waals surface area contributed by atoms with Crippen molar-refractivity contribution in [2.75, 3.05) is 137 Å². The van der Waals surface area contributed by atoms with Crippen molar-refractivity contribution in [2.24, 2.45) is 81.4 Å². The number of benzene rings is 7. The number of likely N-dealkylation sites (N-methyl/N-ethyl adjacent to an activating group) is 4. The molecule has 49 nitrogen and oxygen atoms in total. The first-order valence-electron chi connectivity index (χ1n) is 47.1. The van der Waals surface area contributed by atoms with Crippen molar-refractivity contribution in [3.8, 4) is 80.5 Å². The Kier molecular flexibility index (Phi) is 43.3. The van der Waals surface area contributed by atoms with Gasteiger partial charge in [0.15, 0.2) is 122 Å². The molecule has 7 aliphatic rings. The molecule has 29 N–H and O–H groups in total. The highest BCUT2D eigenvalue weighted by atomic mass is 16.3. The van der Waals surface area contributed by atoms with Gasteiger partial charge in [0.05, 0.1) is 6.17 Å². The molecule has 7 aromatic rings. The van der Waals surface area contributed by atoms with E-state index in [9.17, 15) is 71.5 Å². The van der Waals surface area contributed by atoms with E-state index < -0.39 is 0 Å². The summed E-state index contributed by atoms with van der Waals surface area (Å²) in [7, 11) is 24.8. The summed E-state index contributed by atoms with van der Waals surface area (Å²) in [6.07, 6.45) is 4.37. The van der Waals surface area contributed by atoms with E-state index in [0.717, 1.165) is 114 Å². The van der Waals surface area contributed by atoms with Crippen molar-refractivity contribution in [1.29, 1.82) is 0 Å². The molecule has 0 aliphatic carbocycles. The van der Waals surface area contributed by atoms with Crippen molar-refractivity contribution < 1.29 is 71.5 Å². The SMILES string of the molecule is CC1N=C(N(C)C)N(C)C(N(C)CCc2ccc(O)c(O)c2)=N1.CC1N=C(N(C)C)NC(=NCCc2ccc(O)c(O)c2)N1.CC1N=C(N(C)C)NC(N(C)CCc2ccc(O)c(O)c2)=N1.CC1N=C(N)NC(=NCCc2ccc(O)c(O)c2)N1.CC1N=C(N)NC(N(C)CCc2ccc(O)c(O)c2)=N1.CN=C1NC(=NCCc2ccc(O)c(O)c2)NC(C)N1.CN=C1NC(N(C)CCc2ccc(O)c(O)c2)=NC(C)N1. The molecule has 49 heteroatoms. The normalized spacial score (nSPS) is 19.2. The monoisotopic (exact) mass is 2020 g/mol. The van der Waals surface area contributed by atoms with Gasteiger partial charge in [-0.3, -0.25) is 61.8 Å². The number of nitrogens with two attached hydrogens (primary N) is 2. The number of aliphatic imine (C=N–C) groups is 14. The topological polar surface area (TPSA) is 667 Å². The molecule has 1 saturated heterocycles. The molecular formula is C97H145N35O14. The molecule has 0 aromatic heterocycles. The van der Waals surface area contributed by atoms with Crippen LogP contribution in [0.3, 0.4) is 0 Å². The van der Waals surface area contributed by atoms with Crippen LogP contribution >= 0.6 is 0 Å². The molecule has 0 spiro atoms. The van der Waals surface area contributed by atoms with E-state index >= 15 is 0 Å². The molecule has 14 rings (SSSR count). The molecule has 7 aliphatic heterocycles. The third-order valence-corrected chi connectivity index (χ3v) is 21.9. The third kappa shape index (κ3) is 37.4. The summed E-state index contributed by atoms with van der Waals surface area (Å²) in [4.78, 5) is 76.4. The van der Waals surface area contributed by atoms with Crippen molar-refractivity contribution in [1.82, 2.24) is 97.7 Å². The number of nitrogens with zero attached hydrogens (tertiary/aromatic N) is 22. The minimum atomic E-state index is -0.189. The Hall–Kier alpha value is -17.1. The Morgan fingerprint density at radius 2 is 0.541 bits per heavy atom. The number of guanidine groups is 14. The summed E-state index contributed by atoms with van der Waals surface area (Å²) in [5.74, 6) is 8.01. The Labute approximate surface area is 850 Å². The predicted octanol–water partition coefficient (Wildman–Crippen LogP) is 2.99. The first-order valence-corrected chi connectivity index (χ1v) is 47.1. The van der Waals surface area contributed by atoms with E-state index in [1.54, 1.807) is 86.9 Å². The molecule has 792 valence electrons. The summed E-state index contributed by atoms with van der Waals surface area (Å²) < 4.78 is 0. The third-order valence-electron chi connectivity index (χ3n) is 21.9. The second kappa shape index (κ2) is 55.4. The average Bonchev–Trinajstić information content (AvgIpc) is 0.815. The minimum Gasteiger partial charge on any atom is -0.504 e. The highest BCUT2D eigenvalue weighted by Gasteiger charge is 2.27. The van der Waals surface area contributed by atoms with Crippen LogP contribution in [0.15, 0.2) is 197 Å². The van der Waals surface area contributed by atoms with Crippen LogP contribution in [-0.2, 0) is 44.9 Å². The maximum absolute atomic E-state index is 9.57. The fourth-order valence-electron chi connectivity index (χ4n) is 14.1. The molecule has 7 aromatic carbocycles.